The summed E-state index contributed by atoms with van der Waals surface area (Å²) in [6, 6.07) is 28.7. The van der Waals surface area contributed by atoms with Crippen LogP contribution >= 0.6 is 18.7 Å². The van der Waals surface area contributed by atoms with Gasteiger partial charge in [0.1, 0.15) is 5.12 Å². The van der Waals surface area contributed by atoms with E-state index >= 15 is 0 Å². The van der Waals surface area contributed by atoms with Crippen molar-refractivity contribution >= 4 is 29.4 Å². The summed E-state index contributed by atoms with van der Waals surface area (Å²) in [5, 5.41) is 0.980. The molecule has 0 fully saturated rings. The van der Waals surface area contributed by atoms with Crippen molar-refractivity contribution in [1.29, 1.82) is 0 Å². The van der Waals surface area contributed by atoms with Crippen LogP contribution in [0.15, 0.2) is 91.0 Å². The van der Waals surface area contributed by atoms with Crippen molar-refractivity contribution in [3.05, 3.63) is 96.6 Å². The van der Waals surface area contributed by atoms with Crippen molar-refractivity contribution in [2.75, 3.05) is 0 Å². The third-order valence-electron chi connectivity index (χ3n) is 3.67. The maximum Gasteiger partial charge on any atom is 0.164 e. The Balaban J connectivity index is 2.18. The van der Waals surface area contributed by atoms with Crippen molar-refractivity contribution in [2.24, 2.45) is 0 Å². The van der Waals surface area contributed by atoms with Crippen molar-refractivity contribution in [3.8, 4) is 0 Å². The molecule has 1 unspecified atom stereocenters. The van der Waals surface area contributed by atoms with Gasteiger partial charge in [-0.25, -0.2) is 0 Å². The standard InChI is InChI=1S/C19H16ClOP/c20-19(16-10-4-1-5-11-16)22(21,17-12-6-2-7-13-17)18-14-8-3-9-15-18/h1-15,19H. The van der Waals surface area contributed by atoms with Gasteiger partial charge in [-0.1, -0.05) is 91.0 Å². The van der Waals surface area contributed by atoms with E-state index in [9.17, 15) is 4.57 Å². The summed E-state index contributed by atoms with van der Waals surface area (Å²) < 4.78 is 14.0. The Bertz CT molecular complexity index is 729. The monoisotopic (exact) mass is 326 g/mol. The molecule has 0 N–H and O–H groups in total. The van der Waals surface area contributed by atoms with Gasteiger partial charge in [0.15, 0.2) is 7.14 Å². The third-order valence-corrected chi connectivity index (χ3v) is 7.82. The largest absolute Gasteiger partial charge is 0.312 e. The predicted molar refractivity (Wildman–Crippen MR) is 94.8 cm³/mol. The first-order valence-electron chi connectivity index (χ1n) is 7.13. The zero-order valence-electron chi connectivity index (χ0n) is 12.0. The molecule has 3 rings (SSSR count). The number of hydrogen-bond donors (Lipinski definition) is 0. The topological polar surface area (TPSA) is 17.1 Å². The molecule has 0 aliphatic heterocycles. The molecule has 0 amide bonds. The van der Waals surface area contributed by atoms with Gasteiger partial charge in [-0.05, 0) is 5.56 Å². The van der Waals surface area contributed by atoms with E-state index in [4.69, 9.17) is 11.6 Å². The highest BCUT2D eigenvalue weighted by molar-refractivity contribution is 7.80. The minimum Gasteiger partial charge on any atom is -0.312 e. The lowest BCUT2D eigenvalue weighted by Gasteiger charge is -2.24. The highest BCUT2D eigenvalue weighted by Crippen LogP contribution is 2.59. The Morgan fingerprint density at radius 3 is 1.41 bits per heavy atom. The second-order valence-electron chi connectivity index (χ2n) is 5.08. The van der Waals surface area contributed by atoms with E-state index in [1.54, 1.807) is 0 Å². The van der Waals surface area contributed by atoms with Crippen LogP contribution in [0.5, 0.6) is 0 Å². The molecule has 0 aliphatic carbocycles. The molecule has 3 aromatic carbocycles. The van der Waals surface area contributed by atoms with Gasteiger partial charge in [-0.15, -0.1) is 11.6 Å². The Hall–Kier alpha value is -1.82. The number of hydrogen-bond acceptors (Lipinski definition) is 1. The van der Waals surface area contributed by atoms with Crippen LogP contribution in [0, 0.1) is 0 Å². The van der Waals surface area contributed by atoms with Crippen LogP contribution in [-0.2, 0) is 4.57 Å². The number of benzene rings is 3. The molecule has 1 nitrogen and oxygen atoms in total. The highest BCUT2D eigenvalue weighted by Gasteiger charge is 2.36. The maximum atomic E-state index is 14.0. The van der Waals surface area contributed by atoms with E-state index in [0.717, 1.165) is 16.2 Å². The van der Waals surface area contributed by atoms with Crippen LogP contribution in [0.2, 0.25) is 0 Å². The fourth-order valence-electron chi connectivity index (χ4n) is 2.53. The van der Waals surface area contributed by atoms with Crippen molar-refractivity contribution in [3.63, 3.8) is 0 Å². The molecule has 0 saturated heterocycles. The van der Waals surface area contributed by atoms with Crippen LogP contribution < -0.4 is 10.6 Å². The van der Waals surface area contributed by atoms with E-state index < -0.39 is 12.3 Å². The SMILES string of the molecule is O=P(c1ccccc1)(c1ccccc1)C(Cl)c1ccccc1. The molecular weight excluding hydrogens is 311 g/mol. The molecule has 3 heteroatoms. The number of halogens is 1. The average Bonchev–Trinajstić information content (AvgIpc) is 2.62. The second-order valence-corrected chi connectivity index (χ2v) is 8.68. The van der Waals surface area contributed by atoms with E-state index in [1.165, 1.54) is 0 Å². The van der Waals surface area contributed by atoms with Gasteiger partial charge in [0.05, 0.1) is 0 Å². The van der Waals surface area contributed by atoms with Gasteiger partial charge in [-0.3, -0.25) is 0 Å². The fourth-order valence-corrected chi connectivity index (χ4v) is 6.00. The Labute approximate surface area is 136 Å². The molecule has 0 bridgehead atoms. The summed E-state index contributed by atoms with van der Waals surface area (Å²) in [6.45, 7) is 0. The maximum absolute atomic E-state index is 14.0. The molecule has 0 saturated carbocycles. The lowest BCUT2D eigenvalue weighted by atomic mass is 10.2. The molecule has 3 aromatic rings. The summed E-state index contributed by atoms with van der Waals surface area (Å²) in [4.78, 5) is 0. The van der Waals surface area contributed by atoms with Crippen molar-refractivity contribution in [2.45, 2.75) is 5.12 Å². The molecule has 0 heterocycles. The van der Waals surface area contributed by atoms with Gasteiger partial charge >= 0.3 is 0 Å². The van der Waals surface area contributed by atoms with Crippen molar-refractivity contribution in [1.82, 2.24) is 0 Å². The number of rotatable bonds is 4. The Morgan fingerprint density at radius 2 is 1.00 bits per heavy atom. The lowest BCUT2D eigenvalue weighted by Crippen LogP contribution is -2.19. The van der Waals surface area contributed by atoms with Crippen LogP contribution in [0.25, 0.3) is 0 Å². The van der Waals surface area contributed by atoms with E-state index in [0.29, 0.717) is 0 Å². The number of alkyl halides is 1. The molecule has 0 spiro atoms. The quantitative estimate of drug-likeness (QED) is 0.490. The second kappa shape index (κ2) is 6.52. The normalized spacial score (nSPS) is 12.8. The first-order chi connectivity index (χ1) is 10.7. The van der Waals surface area contributed by atoms with Crippen LogP contribution in [0.4, 0.5) is 0 Å². The molecule has 0 radical (unpaired) electrons. The van der Waals surface area contributed by atoms with Crippen LogP contribution in [-0.4, -0.2) is 0 Å². The average molecular weight is 327 g/mol. The fraction of sp³-hybridized carbons (Fsp3) is 0.0526. The first-order valence-corrected chi connectivity index (χ1v) is 9.34. The molecule has 22 heavy (non-hydrogen) atoms. The molecule has 0 aromatic heterocycles. The van der Waals surface area contributed by atoms with Crippen LogP contribution in [0.1, 0.15) is 10.7 Å². The molecule has 1 atom stereocenters. The van der Waals surface area contributed by atoms with Gasteiger partial charge in [0.25, 0.3) is 0 Å². The van der Waals surface area contributed by atoms with Gasteiger partial charge in [0, 0.05) is 10.6 Å². The first kappa shape index (κ1) is 15.1. The summed E-state index contributed by atoms with van der Waals surface area (Å²) in [6.07, 6.45) is 0. The Kier molecular flexibility index (Phi) is 4.47. The summed E-state index contributed by atoms with van der Waals surface area (Å²) in [7, 11) is -2.97. The zero-order valence-corrected chi connectivity index (χ0v) is 13.6. The smallest absolute Gasteiger partial charge is 0.164 e. The van der Waals surface area contributed by atoms with E-state index in [1.807, 2.05) is 91.0 Å². The Morgan fingerprint density at radius 1 is 0.636 bits per heavy atom. The van der Waals surface area contributed by atoms with Crippen LogP contribution in [0.3, 0.4) is 0 Å². The summed E-state index contributed by atoms with van der Waals surface area (Å²) in [5.41, 5.74) is 0.875. The predicted octanol–water partition coefficient (Wildman–Crippen LogP) is 4.94. The van der Waals surface area contributed by atoms with Gasteiger partial charge in [0.2, 0.25) is 0 Å². The zero-order chi connectivity index (χ0) is 15.4. The van der Waals surface area contributed by atoms with Gasteiger partial charge in [-0.2, -0.15) is 0 Å². The van der Waals surface area contributed by atoms with E-state index in [2.05, 4.69) is 0 Å². The third kappa shape index (κ3) is 2.75. The van der Waals surface area contributed by atoms with E-state index in [-0.39, 0.29) is 0 Å². The molecule has 0 aliphatic rings. The van der Waals surface area contributed by atoms with Gasteiger partial charge < -0.3 is 4.57 Å². The summed E-state index contributed by atoms with van der Waals surface area (Å²) >= 11 is 6.72. The molecule has 110 valence electrons. The molecular formula is C19H16ClOP. The minimum absolute atomic E-state index is 0.585. The van der Waals surface area contributed by atoms with Crippen molar-refractivity contribution < 1.29 is 4.57 Å². The lowest BCUT2D eigenvalue weighted by molar-refractivity contribution is 0.585. The highest BCUT2D eigenvalue weighted by atomic mass is 35.5. The summed E-state index contributed by atoms with van der Waals surface area (Å²) in [5.74, 6) is 0. The minimum atomic E-state index is -2.97.